The number of hydrogen-bond acceptors (Lipinski definition) is 5. The fraction of sp³-hybridized carbons (Fsp3) is 0.333. The maximum atomic E-state index is 10.7. The molecule has 3 rings (SSSR count). The Balaban J connectivity index is 1.75. The number of oxime groups is 1. The molecule has 0 spiro atoms. The number of nitrogens with zero attached hydrogens (tertiary/aromatic N) is 2. The van der Waals surface area contributed by atoms with Crippen LogP contribution in [0.25, 0.3) is 11.3 Å². The van der Waals surface area contributed by atoms with Crippen LogP contribution in [0.4, 0.5) is 0 Å². The molecule has 2 N–H and O–H groups in total. The highest BCUT2D eigenvalue weighted by Crippen LogP contribution is 2.25. The second-order valence-electron chi connectivity index (χ2n) is 8.17. The number of carboxylic acid groups (broad SMARTS) is 1. The maximum Gasteiger partial charge on any atom is 0.303 e. The van der Waals surface area contributed by atoms with E-state index in [4.69, 9.17) is 15.6 Å². The molecule has 2 aromatic carbocycles. The molecule has 0 aliphatic carbocycles. The van der Waals surface area contributed by atoms with Gasteiger partial charge in [-0.25, -0.2) is 0 Å². The summed E-state index contributed by atoms with van der Waals surface area (Å²) in [5.41, 5.74) is 2.42. The minimum absolute atomic E-state index is 0.163. The summed E-state index contributed by atoms with van der Waals surface area (Å²) in [6.45, 7) is 4.24. The fourth-order valence-electron chi connectivity index (χ4n) is 3.62. The third-order valence-corrected chi connectivity index (χ3v) is 5.43. The predicted molar refractivity (Wildman–Crippen MR) is 131 cm³/mol. The second kappa shape index (κ2) is 12.5. The number of furan rings is 1. The molecule has 0 saturated carbocycles. The van der Waals surface area contributed by atoms with E-state index in [1.165, 1.54) is 0 Å². The van der Waals surface area contributed by atoms with Gasteiger partial charge < -0.3 is 24.4 Å². The number of benzene rings is 2. The van der Waals surface area contributed by atoms with Gasteiger partial charge in [0.2, 0.25) is 0 Å². The van der Waals surface area contributed by atoms with E-state index in [9.17, 15) is 10.0 Å². The van der Waals surface area contributed by atoms with E-state index in [1.54, 1.807) is 25.0 Å². The van der Waals surface area contributed by atoms with Gasteiger partial charge in [0.15, 0.2) is 5.84 Å². The first kappa shape index (κ1) is 23.4. The zero-order chi connectivity index (χ0) is 25.3. The van der Waals surface area contributed by atoms with Gasteiger partial charge in [-0.1, -0.05) is 47.6 Å². The normalized spacial score (nSPS) is 12.3. The largest absolute Gasteiger partial charge is 0.493 e. The molecule has 1 heterocycles. The van der Waals surface area contributed by atoms with Crippen molar-refractivity contribution in [1.29, 1.82) is 0 Å². The smallest absolute Gasteiger partial charge is 0.303 e. The van der Waals surface area contributed by atoms with Gasteiger partial charge in [0, 0.05) is 35.7 Å². The molecule has 34 heavy (non-hydrogen) atoms. The van der Waals surface area contributed by atoms with Gasteiger partial charge in [-0.15, -0.1) is 0 Å². The maximum absolute atomic E-state index is 10.7. The van der Waals surface area contributed by atoms with E-state index in [0.717, 1.165) is 29.7 Å². The highest BCUT2D eigenvalue weighted by Gasteiger charge is 2.20. The Bertz CT molecular complexity index is 1110. The molecule has 1 aromatic heterocycles. The van der Waals surface area contributed by atoms with Crippen LogP contribution in [0, 0.1) is 0 Å². The highest BCUT2D eigenvalue weighted by atomic mass is 16.5. The van der Waals surface area contributed by atoms with Crippen molar-refractivity contribution >= 4 is 11.8 Å². The minimum Gasteiger partial charge on any atom is -0.493 e. The summed E-state index contributed by atoms with van der Waals surface area (Å²) in [4.78, 5) is 12.4. The monoisotopic (exact) mass is 465 g/mol. The number of rotatable bonds is 12. The molecule has 0 amide bonds. The van der Waals surface area contributed by atoms with Crippen LogP contribution in [-0.2, 0) is 11.3 Å². The van der Waals surface area contributed by atoms with Crippen molar-refractivity contribution < 1.29 is 25.6 Å². The molecule has 180 valence electrons. The molecule has 0 aliphatic heterocycles. The SMILES string of the molecule is [2H]C(C)(C)N(Cc1ccccc1OCCCCCC(=O)O)/C(=N/O)c1ccc(-c2ccco2)cc1. The van der Waals surface area contributed by atoms with Crippen LogP contribution in [0.2, 0.25) is 0 Å². The number of carboxylic acids is 1. The Kier molecular flexibility index (Phi) is 8.60. The molecule has 0 saturated heterocycles. The van der Waals surface area contributed by atoms with E-state index in [0.29, 0.717) is 30.9 Å². The van der Waals surface area contributed by atoms with Gasteiger partial charge in [0.1, 0.15) is 11.5 Å². The van der Waals surface area contributed by atoms with Crippen LogP contribution in [0.1, 0.15) is 52.0 Å². The third kappa shape index (κ3) is 6.88. The minimum atomic E-state index is -1.09. The number of unbranched alkanes of at least 4 members (excludes halogenated alkanes) is 2. The number of carbonyl (C=O) groups is 1. The Labute approximate surface area is 201 Å². The van der Waals surface area contributed by atoms with Crippen LogP contribution >= 0.6 is 0 Å². The topological polar surface area (TPSA) is 95.5 Å². The average Bonchev–Trinajstić information content (AvgIpc) is 3.36. The van der Waals surface area contributed by atoms with E-state index < -0.39 is 12.0 Å². The van der Waals surface area contributed by atoms with Crippen molar-refractivity contribution in [2.75, 3.05) is 6.61 Å². The van der Waals surface area contributed by atoms with Gasteiger partial charge in [0.05, 0.1) is 14.2 Å². The number of amidine groups is 1. The Morgan fingerprint density at radius 3 is 2.50 bits per heavy atom. The first-order valence-electron chi connectivity index (χ1n) is 11.9. The van der Waals surface area contributed by atoms with Crippen molar-refractivity contribution in [2.24, 2.45) is 5.16 Å². The Morgan fingerprint density at radius 1 is 1.09 bits per heavy atom. The molecule has 3 aromatic rings. The first-order valence-corrected chi connectivity index (χ1v) is 11.4. The summed E-state index contributed by atoms with van der Waals surface area (Å²) in [7, 11) is 0. The lowest BCUT2D eigenvalue weighted by Gasteiger charge is -2.30. The molecule has 0 bridgehead atoms. The highest BCUT2D eigenvalue weighted by molar-refractivity contribution is 5.98. The molecule has 0 aliphatic rings. The molecular formula is C27H32N2O5. The first-order chi connectivity index (χ1) is 16.8. The molecular weight excluding hydrogens is 432 g/mol. The van der Waals surface area contributed by atoms with Crippen LogP contribution < -0.4 is 4.74 Å². The van der Waals surface area contributed by atoms with Crippen LogP contribution in [0.5, 0.6) is 5.75 Å². The lowest BCUT2D eigenvalue weighted by Crippen LogP contribution is -2.37. The lowest BCUT2D eigenvalue weighted by molar-refractivity contribution is -0.137. The summed E-state index contributed by atoms with van der Waals surface area (Å²) in [5, 5.41) is 22.3. The molecule has 0 radical (unpaired) electrons. The predicted octanol–water partition coefficient (Wildman–Crippen LogP) is 6.02. The molecule has 7 nitrogen and oxygen atoms in total. The van der Waals surface area contributed by atoms with Crippen LogP contribution in [0.15, 0.2) is 76.5 Å². The van der Waals surface area contributed by atoms with Crippen molar-refractivity contribution in [3.8, 4) is 17.1 Å². The van der Waals surface area contributed by atoms with Crippen molar-refractivity contribution in [2.45, 2.75) is 52.1 Å². The molecule has 0 atom stereocenters. The lowest BCUT2D eigenvalue weighted by atomic mass is 10.1. The van der Waals surface area contributed by atoms with E-state index >= 15 is 0 Å². The molecule has 0 unspecified atom stereocenters. The van der Waals surface area contributed by atoms with Crippen molar-refractivity contribution in [1.82, 2.24) is 4.90 Å². The third-order valence-electron chi connectivity index (χ3n) is 5.43. The van der Waals surface area contributed by atoms with E-state index in [-0.39, 0.29) is 12.3 Å². The fourth-order valence-corrected chi connectivity index (χ4v) is 3.62. The zero-order valence-corrected chi connectivity index (χ0v) is 19.6. The van der Waals surface area contributed by atoms with Gasteiger partial charge in [-0.2, -0.15) is 0 Å². The summed E-state index contributed by atoms with van der Waals surface area (Å²) in [6.07, 6.45) is 3.92. The van der Waals surface area contributed by atoms with Gasteiger partial charge >= 0.3 is 5.97 Å². The van der Waals surface area contributed by atoms with E-state index in [1.807, 2.05) is 60.7 Å². The summed E-state index contributed by atoms with van der Waals surface area (Å²) >= 11 is 0. The van der Waals surface area contributed by atoms with Gasteiger partial charge in [0.25, 0.3) is 0 Å². The number of para-hydroxylation sites is 1. The number of hydrogen-bond donors (Lipinski definition) is 2. The van der Waals surface area contributed by atoms with Gasteiger partial charge in [-0.3, -0.25) is 4.79 Å². The summed E-state index contributed by atoms with van der Waals surface area (Å²) < 4.78 is 20.2. The molecule has 0 fully saturated rings. The Hall–Kier alpha value is -3.74. The number of ether oxygens (including phenoxy) is 1. The van der Waals surface area contributed by atoms with Crippen LogP contribution in [-0.4, -0.2) is 39.6 Å². The second-order valence-corrected chi connectivity index (χ2v) is 8.17. The molecule has 7 heteroatoms. The zero-order valence-electron chi connectivity index (χ0n) is 20.6. The van der Waals surface area contributed by atoms with Crippen molar-refractivity contribution in [3.05, 3.63) is 78.1 Å². The average molecular weight is 466 g/mol. The van der Waals surface area contributed by atoms with Gasteiger partial charge in [-0.05, 0) is 51.3 Å². The quantitative estimate of drug-likeness (QED) is 0.112. The summed E-state index contributed by atoms with van der Waals surface area (Å²) in [5.74, 6) is 0.919. The standard InChI is InChI=1S/C27H32N2O5/c1-20(2)29(27(28-32)22-15-13-21(14-16-22)24-11-8-18-34-24)19-23-9-5-6-10-25(23)33-17-7-3-4-12-26(30)31/h5-6,8-11,13-16,18,20,32H,3-4,7,12,17,19H2,1-2H3,(H,30,31)/b28-27+/i20D. The Morgan fingerprint density at radius 2 is 1.85 bits per heavy atom. The van der Waals surface area contributed by atoms with Crippen molar-refractivity contribution in [3.63, 3.8) is 0 Å². The van der Waals surface area contributed by atoms with E-state index in [2.05, 4.69) is 5.16 Å². The summed E-state index contributed by atoms with van der Waals surface area (Å²) in [6, 6.07) is 17.6. The van der Waals surface area contributed by atoms with Crippen LogP contribution in [0.3, 0.4) is 0 Å². The number of aliphatic carboxylic acids is 1.